The van der Waals surface area contributed by atoms with Crippen molar-refractivity contribution in [3.63, 3.8) is 0 Å². The summed E-state index contributed by atoms with van der Waals surface area (Å²) in [5, 5.41) is 23.1. The molecule has 0 aliphatic rings. The highest BCUT2D eigenvalue weighted by atomic mass is 16.5. The molecule has 0 aromatic carbocycles. The number of esters is 1. The van der Waals surface area contributed by atoms with Crippen molar-refractivity contribution in [2.24, 2.45) is 0 Å². The molecule has 0 aromatic rings. The van der Waals surface area contributed by atoms with E-state index in [4.69, 9.17) is 4.74 Å². The lowest BCUT2D eigenvalue weighted by atomic mass is 10.0. The first-order chi connectivity index (χ1) is 31.5. The number of ether oxygens (including phenoxy) is 1. The molecule has 0 spiro atoms. The zero-order valence-electron chi connectivity index (χ0n) is 42.8. The number of nitrogens with one attached hydrogen (secondary N) is 1. The normalized spacial score (nSPS) is 12.9. The van der Waals surface area contributed by atoms with Crippen molar-refractivity contribution in [3.05, 3.63) is 36.5 Å². The Morgan fingerprint density at radius 1 is 0.422 bits per heavy atom. The van der Waals surface area contributed by atoms with Crippen LogP contribution < -0.4 is 5.32 Å². The molecule has 0 bridgehead atoms. The molecule has 0 aliphatic carbocycles. The van der Waals surface area contributed by atoms with E-state index in [1.165, 1.54) is 212 Å². The monoisotopic (exact) mass is 900 g/mol. The van der Waals surface area contributed by atoms with E-state index in [0.717, 1.165) is 57.8 Å². The van der Waals surface area contributed by atoms with Gasteiger partial charge in [0.05, 0.1) is 25.4 Å². The van der Waals surface area contributed by atoms with Crippen molar-refractivity contribution in [3.8, 4) is 0 Å². The molecule has 0 aliphatic heterocycles. The number of aliphatic hydroxyl groups is 2. The van der Waals surface area contributed by atoms with Crippen LogP contribution in [-0.4, -0.2) is 47.4 Å². The standard InChI is InChI=1S/C58H109NO5/c1-3-5-7-9-11-13-15-17-22-26-30-34-38-42-46-50-56(61)55(54-60)59-57(62)51-47-43-39-35-31-27-24-20-19-21-25-29-33-37-41-45-49-53-64-58(63)52-48-44-40-36-32-28-23-18-16-14-12-10-8-6-4-2/h18-19,21,23,46,50,55-56,60-61H,3-17,20,22,24-45,47-49,51-54H2,1-2H3,(H,59,62)/b21-19-,23-18-,50-46+. The van der Waals surface area contributed by atoms with Crippen LogP contribution in [0.25, 0.3) is 0 Å². The van der Waals surface area contributed by atoms with Gasteiger partial charge in [0, 0.05) is 12.8 Å². The SMILES string of the molecule is CCCCCCCC/C=C\CCCCCCCC(=O)OCCCCCCCC/C=C\CCCCCCCCCC(=O)NC(CO)C(O)/C=C/CCCCCCCCCCCCCCC. The van der Waals surface area contributed by atoms with E-state index in [1.54, 1.807) is 6.08 Å². The van der Waals surface area contributed by atoms with Crippen LogP contribution in [0.2, 0.25) is 0 Å². The second kappa shape index (κ2) is 53.7. The predicted molar refractivity (Wildman–Crippen MR) is 278 cm³/mol. The third-order valence-electron chi connectivity index (χ3n) is 12.9. The maximum Gasteiger partial charge on any atom is 0.305 e. The van der Waals surface area contributed by atoms with Crippen LogP contribution in [0.3, 0.4) is 0 Å². The number of hydrogen-bond donors (Lipinski definition) is 3. The Bertz CT molecular complexity index is 1040. The second-order valence-corrected chi connectivity index (χ2v) is 19.3. The fourth-order valence-electron chi connectivity index (χ4n) is 8.50. The highest BCUT2D eigenvalue weighted by Crippen LogP contribution is 2.16. The first kappa shape index (κ1) is 62.1. The van der Waals surface area contributed by atoms with Crippen molar-refractivity contribution < 1.29 is 24.5 Å². The van der Waals surface area contributed by atoms with E-state index < -0.39 is 12.1 Å². The van der Waals surface area contributed by atoms with E-state index in [2.05, 4.69) is 43.5 Å². The summed E-state index contributed by atoms with van der Waals surface area (Å²) in [5.41, 5.74) is 0. The van der Waals surface area contributed by atoms with Crippen molar-refractivity contribution in [2.45, 2.75) is 309 Å². The van der Waals surface area contributed by atoms with Crippen molar-refractivity contribution in [2.75, 3.05) is 13.2 Å². The van der Waals surface area contributed by atoms with Crippen molar-refractivity contribution >= 4 is 11.9 Å². The van der Waals surface area contributed by atoms with Gasteiger partial charge in [-0.3, -0.25) is 9.59 Å². The summed E-state index contributed by atoms with van der Waals surface area (Å²) in [4.78, 5) is 24.5. The summed E-state index contributed by atoms with van der Waals surface area (Å²) in [6, 6.07) is -0.637. The molecule has 0 fully saturated rings. The molecule has 0 saturated carbocycles. The molecular weight excluding hydrogens is 791 g/mol. The number of hydrogen-bond acceptors (Lipinski definition) is 5. The number of amides is 1. The molecule has 0 saturated heterocycles. The molecule has 2 unspecified atom stereocenters. The molecule has 376 valence electrons. The summed E-state index contributed by atoms with van der Waals surface area (Å²) in [5.74, 6) is -0.0909. The van der Waals surface area contributed by atoms with Gasteiger partial charge in [-0.15, -0.1) is 0 Å². The number of aliphatic hydroxyl groups excluding tert-OH is 2. The van der Waals surface area contributed by atoms with Gasteiger partial charge in [-0.25, -0.2) is 0 Å². The van der Waals surface area contributed by atoms with Gasteiger partial charge in [0.2, 0.25) is 5.91 Å². The minimum absolute atomic E-state index is 0.0110. The Morgan fingerprint density at radius 3 is 1.11 bits per heavy atom. The number of allylic oxidation sites excluding steroid dienone is 5. The van der Waals surface area contributed by atoms with Crippen LogP contribution in [-0.2, 0) is 14.3 Å². The molecule has 0 heterocycles. The summed E-state index contributed by atoms with van der Waals surface area (Å²) >= 11 is 0. The summed E-state index contributed by atoms with van der Waals surface area (Å²) in [7, 11) is 0. The number of unbranched alkanes of at least 4 members (excludes halogenated alkanes) is 37. The molecule has 1 amide bonds. The van der Waals surface area contributed by atoms with Crippen LogP contribution in [0.1, 0.15) is 296 Å². The zero-order chi connectivity index (χ0) is 46.5. The van der Waals surface area contributed by atoms with Gasteiger partial charge in [-0.1, -0.05) is 237 Å². The van der Waals surface area contributed by atoms with Crippen LogP contribution in [0, 0.1) is 0 Å². The minimum Gasteiger partial charge on any atom is -0.466 e. The van der Waals surface area contributed by atoms with E-state index in [-0.39, 0.29) is 18.5 Å². The third-order valence-corrected chi connectivity index (χ3v) is 12.9. The quantitative estimate of drug-likeness (QED) is 0.0321. The van der Waals surface area contributed by atoms with E-state index in [0.29, 0.717) is 19.4 Å². The second-order valence-electron chi connectivity index (χ2n) is 19.3. The highest BCUT2D eigenvalue weighted by Gasteiger charge is 2.18. The maximum atomic E-state index is 12.4. The fourth-order valence-corrected chi connectivity index (χ4v) is 8.50. The first-order valence-corrected chi connectivity index (χ1v) is 28.3. The molecule has 0 aromatic heterocycles. The third kappa shape index (κ3) is 49.5. The predicted octanol–water partition coefficient (Wildman–Crippen LogP) is 17.2. The van der Waals surface area contributed by atoms with Crippen molar-refractivity contribution in [1.82, 2.24) is 5.32 Å². The molecule has 2 atom stereocenters. The van der Waals surface area contributed by atoms with Gasteiger partial charge < -0.3 is 20.3 Å². The average molecular weight is 901 g/mol. The van der Waals surface area contributed by atoms with Crippen molar-refractivity contribution in [1.29, 1.82) is 0 Å². The Kier molecular flexibility index (Phi) is 52.1. The Balaban J connectivity index is 3.49. The van der Waals surface area contributed by atoms with Crippen LogP contribution in [0.15, 0.2) is 36.5 Å². The molecule has 0 radical (unpaired) electrons. The number of carbonyl (C=O) groups excluding carboxylic acids is 2. The lowest BCUT2D eigenvalue weighted by Gasteiger charge is -2.20. The maximum absolute atomic E-state index is 12.4. The van der Waals surface area contributed by atoms with Crippen LogP contribution in [0.5, 0.6) is 0 Å². The summed E-state index contributed by atoms with van der Waals surface area (Å²) < 4.78 is 5.46. The zero-order valence-corrected chi connectivity index (χ0v) is 42.8. The molecule has 64 heavy (non-hydrogen) atoms. The van der Waals surface area contributed by atoms with Gasteiger partial charge in [-0.2, -0.15) is 0 Å². The van der Waals surface area contributed by atoms with Gasteiger partial charge in [-0.05, 0) is 83.5 Å². The fraction of sp³-hybridized carbons (Fsp3) is 0.862. The van der Waals surface area contributed by atoms with Gasteiger partial charge in [0.1, 0.15) is 0 Å². The van der Waals surface area contributed by atoms with E-state index in [1.807, 2.05) is 6.08 Å². The molecular formula is C58H109NO5. The van der Waals surface area contributed by atoms with E-state index in [9.17, 15) is 19.8 Å². The topological polar surface area (TPSA) is 95.9 Å². The van der Waals surface area contributed by atoms with Gasteiger partial charge in [0.25, 0.3) is 0 Å². The van der Waals surface area contributed by atoms with E-state index >= 15 is 0 Å². The Hall–Kier alpha value is -1.92. The summed E-state index contributed by atoms with van der Waals surface area (Å²) in [6.45, 7) is 4.87. The lowest BCUT2D eigenvalue weighted by Crippen LogP contribution is -2.45. The Morgan fingerprint density at radius 2 is 0.734 bits per heavy atom. The highest BCUT2D eigenvalue weighted by molar-refractivity contribution is 5.76. The number of rotatable bonds is 52. The van der Waals surface area contributed by atoms with Gasteiger partial charge in [0.15, 0.2) is 0 Å². The van der Waals surface area contributed by atoms with Gasteiger partial charge >= 0.3 is 5.97 Å². The smallest absolute Gasteiger partial charge is 0.305 e. The lowest BCUT2D eigenvalue weighted by molar-refractivity contribution is -0.143. The molecule has 0 rings (SSSR count). The molecule has 3 N–H and O–H groups in total. The molecule has 6 heteroatoms. The minimum atomic E-state index is -0.852. The number of carbonyl (C=O) groups is 2. The largest absolute Gasteiger partial charge is 0.466 e. The van der Waals surface area contributed by atoms with Crippen LogP contribution >= 0.6 is 0 Å². The summed E-state index contributed by atoms with van der Waals surface area (Å²) in [6.07, 6.45) is 65.8. The van der Waals surface area contributed by atoms with Crippen LogP contribution in [0.4, 0.5) is 0 Å². The average Bonchev–Trinajstić information content (AvgIpc) is 3.29. The first-order valence-electron chi connectivity index (χ1n) is 28.3. The Labute approximate surface area is 398 Å². The molecule has 6 nitrogen and oxygen atoms in total.